The van der Waals surface area contributed by atoms with E-state index in [0.29, 0.717) is 11.1 Å². The lowest BCUT2D eigenvalue weighted by Crippen LogP contribution is -2.18. The first-order valence-electron chi connectivity index (χ1n) is 8.21. The van der Waals surface area contributed by atoms with Crippen molar-refractivity contribution in [3.63, 3.8) is 0 Å². The summed E-state index contributed by atoms with van der Waals surface area (Å²) in [6, 6.07) is 0. The van der Waals surface area contributed by atoms with Gasteiger partial charge in [-0.2, -0.15) is 0 Å². The van der Waals surface area contributed by atoms with Crippen LogP contribution in [0.15, 0.2) is 23.3 Å². The van der Waals surface area contributed by atoms with Crippen molar-refractivity contribution in [2.45, 2.75) is 65.6 Å². The number of hydrogen-bond donors (Lipinski definition) is 0. The third kappa shape index (κ3) is 10.2. The van der Waals surface area contributed by atoms with Crippen LogP contribution >= 0.6 is 0 Å². The number of rotatable bonds is 14. The van der Waals surface area contributed by atoms with E-state index in [0.717, 1.165) is 38.3 Å². The molecule has 132 valence electrons. The first-order valence-corrected chi connectivity index (χ1v) is 8.21. The Morgan fingerprint density at radius 2 is 1.22 bits per heavy atom. The molecule has 0 aromatic heterocycles. The Morgan fingerprint density at radius 1 is 0.826 bits per heavy atom. The van der Waals surface area contributed by atoms with Gasteiger partial charge in [-0.25, -0.2) is 0 Å². The molecule has 5 heteroatoms. The van der Waals surface area contributed by atoms with E-state index in [4.69, 9.17) is 14.2 Å². The third-order valence-corrected chi connectivity index (χ3v) is 3.35. The molecule has 0 aliphatic carbocycles. The van der Waals surface area contributed by atoms with Gasteiger partial charge >= 0.3 is 0 Å². The molecule has 0 aliphatic rings. The van der Waals surface area contributed by atoms with Crippen molar-refractivity contribution in [1.82, 2.24) is 0 Å². The monoisotopic (exact) mass is 326 g/mol. The Kier molecular flexibility index (Phi) is 13.5. The summed E-state index contributed by atoms with van der Waals surface area (Å²) >= 11 is 0. The van der Waals surface area contributed by atoms with Crippen LogP contribution < -0.4 is 0 Å². The SMILES string of the molecule is CCCC=C(C=O)C(C)OCOCOC(C)C(C=O)=CCCC. The maximum atomic E-state index is 11.0. The van der Waals surface area contributed by atoms with Gasteiger partial charge in [-0.3, -0.25) is 9.59 Å². The van der Waals surface area contributed by atoms with Crippen LogP contribution in [0.5, 0.6) is 0 Å². The topological polar surface area (TPSA) is 61.8 Å². The molecule has 23 heavy (non-hydrogen) atoms. The largest absolute Gasteiger partial charge is 0.348 e. The second-order valence-electron chi connectivity index (χ2n) is 5.28. The van der Waals surface area contributed by atoms with Crippen molar-refractivity contribution in [2.75, 3.05) is 13.6 Å². The highest BCUT2D eigenvalue weighted by atomic mass is 16.7. The quantitative estimate of drug-likeness (QED) is 0.211. The summed E-state index contributed by atoms with van der Waals surface area (Å²) in [6.45, 7) is 7.77. The zero-order chi connectivity index (χ0) is 17.5. The second kappa shape index (κ2) is 14.3. The Morgan fingerprint density at radius 3 is 1.52 bits per heavy atom. The molecule has 2 unspecified atom stereocenters. The minimum absolute atomic E-state index is 0.0281. The lowest BCUT2D eigenvalue weighted by Gasteiger charge is -2.15. The number of ether oxygens (including phenoxy) is 3. The summed E-state index contributed by atoms with van der Waals surface area (Å²) in [5.74, 6) is 0. The van der Waals surface area contributed by atoms with Gasteiger partial charge in [0.15, 0.2) is 0 Å². The van der Waals surface area contributed by atoms with Crippen molar-refractivity contribution in [3.8, 4) is 0 Å². The van der Waals surface area contributed by atoms with Crippen molar-refractivity contribution >= 4 is 12.6 Å². The molecule has 5 nitrogen and oxygen atoms in total. The minimum Gasteiger partial charge on any atom is -0.348 e. The van der Waals surface area contributed by atoms with E-state index >= 15 is 0 Å². The summed E-state index contributed by atoms with van der Waals surface area (Å²) in [7, 11) is 0. The number of hydrogen-bond acceptors (Lipinski definition) is 5. The van der Waals surface area contributed by atoms with E-state index < -0.39 is 0 Å². The molecule has 0 bridgehead atoms. The number of allylic oxidation sites excluding steroid dienone is 2. The third-order valence-electron chi connectivity index (χ3n) is 3.35. The molecule has 0 radical (unpaired) electrons. The first kappa shape index (κ1) is 21.7. The molecule has 0 aliphatic heterocycles. The number of unbranched alkanes of at least 4 members (excludes halogenated alkanes) is 2. The highest BCUT2D eigenvalue weighted by Gasteiger charge is 2.10. The average Bonchev–Trinajstić information content (AvgIpc) is 2.55. The average molecular weight is 326 g/mol. The van der Waals surface area contributed by atoms with E-state index in [9.17, 15) is 9.59 Å². The Hall–Kier alpha value is -1.30. The van der Waals surface area contributed by atoms with E-state index in [-0.39, 0.29) is 25.8 Å². The Labute approximate surface area is 139 Å². The van der Waals surface area contributed by atoms with Gasteiger partial charge in [0.2, 0.25) is 0 Å². The molecule has 0 aromatic carbocycles. The molecular weight excluding hydrogens is 296 g/mol. The van der Waals surface area contributed by atoms with E-state index in [1.807, 2.05) is 12.2 Å². The van der Waals surface area contributed by atoms with Gasteiger partial charge in [-0.05, 0) is 26.7 Å². The first-order chi connectivity index (χ1) is 11.1. The molecular formula is C18H30O5. The summed E-state index contributed by atoms with van der Waals surface area (Å²) in [4.78, 5) is 21.9. The van der Waals surface area contributed by atoms with Gasteiger partial charge in [0.05, 0.1) is 12.2 Å². The molecule has 0 heterocycles. The fourth-order valence-electron chi connectivity index (χ4n) is 1.77. The molecule has 0 rings (SSSR count). The molecule has 0 fully saturated rings. The van der Waals surface area contributed by atoms with Crippen LogP contribution in [0.25, 0.3) is 0 Å². The fraction of sp³-hybridized carbons (Fsp3) is 0.667. The van der Waals surface area contributed by atoms with E-state index in [1.165, 1.54) is 0 Å². The number of carbonyl (C=O) groups excluding carboxylic acids is 2. The molecule has 0 N–H and O–H groups in total. The molecule has 0 amide bonds. The smallest absolute Gasteiger partial charge is 0.150 e. The molecule has 0 aromatic rings. The zero-order valence-electron chi connectivity index (χ0n) is 14.7. The summed E-state index contributed by atoms with van der Waals surface area (Å²) in [5, 5.41) is 0. The number of aldehydes is 2. The van der Waals surface area contributed by atoms with Crippen molar-refractivity contribution in [3.05, 3.63) is 23.3 Å². The van der Waals surface area contributed by atoms with Crippen LogP contribution in [0.2, 0.25) is 0 Å². The predicted molar refractivity (Wildman–Crippen MR) is 90.0 cm³/mol. The van der Waals surface area contributed by atoms with Crippen molar-refractivity contribution in [1.29, 1.82) is 0 Å². The molecule has 0 saturated heterocycles. The van der Waals surface area contributed by atoms with Gasteiger partial charge in [-0.15, -0.1) is 0 Å². The van der Waals surface area contributed by atoms with Gasteiger partial charge in [0.25, 0.3) is 0 Å². The summed E-state index contributed by atoms with van der Waals surface area (Å²) < 4.78 is 16.1. The maximum Gasteiger partial charge on any atom is 0.150 e. The molecule has 0 saturated carbocycles. The fourth-order valence-corrected chi connectivity index (χ4v) is 1.77. The molecule has 0 spiro atoms. The van der Waals surface area contributed by atoms with Crippen LogP contribution in [-0.4, -0.2) is 38.4 Å². The number of carbonyl (C=O) groups is 2. The Bertz CT molecular complexity index is 351. The van der Waals surface area contributed by atoms with Gasteiger partial charge in [0, 0.05) is 11.1 Å². The van der Waals surface area contributed by atoms with Gasteiger partial charge < -0.3 is 14.2 Å². The van der Waals surface area contributed by atoms with E-state index in [1.54, 1.807) is 13.8 Å². The van der Waals surface area contributed by atoms with Crippen LogP contribution in [0.1, 0.15) is 53.4 Å². The van der Waals surface area contributed by atoms with Crippen LogP contribution in [-0.2, 0) is 23.8 Å². The highest BCUT2D eigenvalue weighted by Crippen LogP contribution is 2.08. The zero-order valence-corrected chi connectivity index (χ0v) is 14.7. The van der Waals surface area contributed by atoms with Crippen LogP contribution in [0.3, 0.4) is 0 Å². The lowest BCUT2D eigenvalue weighted by molar-refractivity contribution is -0.151. The summed E-state index contributed by atoms with van der Waals surface area (Å²) in [5.41, 5.74) is 1.24. The Balaban J connectivity index is 4.03. The van der Waals surface area contributed by atoms with Gasteiger partial charge in [-0.1, -0.05) is 38.8 Å². The minimum atomic E-state index is -0.313. The lowest BCUT2D eigenvalue weighted by atomic mass is 10.1. The standard InChI is InChI=1S/C18H30O5/c1-5-7-9-17(11-19)15(3)22-13-21-14-23-16(4)18(12-20)10-8-6-2/h9-12,15-16H,5-8,13-14H2,1-4H3. The summed E-state index contributed by atoms with van der Waals surface area (Å²) in [6.07, 6.45) is 8.42. The molecule has 2 atom stereocenters. The maximum absolute atomic E-state index is 11.0. The highest BCUT2D eigenvalue weighted by molar-refractivity contribution is 5.74. The predicted octanol–water partition coefficient (Wildman–Crippen LogP) is 3.58. The van der Waals surface area contributed by atoms with Crippen molar-refractivity contribution < 1.29 is 23.8 Å². The van der Waals surface area contributed by atoms with Crippen LogP contribution in [0.4, 0.5) is 0 Å². The second-order valence-corrected chi connectivity index (χ2v) is 5.28. The normalized spacial score (nSPS) is 15.3. The van der Waals surface area contributed by atoms with Gasteiger partial charge in [0.1, 0.15) is 26.2 Å². The van der Waals surface area contributed by atoms with Crippen LogP contribution in [0, 0.1) is 0 Å². The van der Waals surface area contributed by atoms with Crippen molar-refractivity contribution in [2.24, 2.45) is 0 Å². The van der Waals surface area contributed by atoms with E-state index in [2.05, 4.69) is 13.8 Å².